The molecule has 0 radical (unpaired) electrons. The molecule has 0 fully saturated rings. The highest BCUT2D eigenvalue weighted by Crippen LogP contribution is 2.01. The van der Waals surface area contributed by atoms with Gasteiger partial charge in [0.05, 0.1) is 12.6 Å². The molecule has 0 aliphatic rings. The van der Waals surface area contributed by atoms with Gasteiger partial charge in [-0.2, -0.15) is 0 Å². The molecule has 92 valence electrons. The van der Waals surface area contributed by atoms with Gasteiger partial charge in [0.15, 0.2) is 0 Å². The fourth-order valence-corrected chi connectivity index (χ4v) is 1.30. The minimum atomic E-state index is -0.207. The summed E-state index contributed by atoms with van der Waals surface area (Å²) in [6.45, 7) is 3.85. The Morgan fingerprint density at radius 1 is 1.59 bits per heavy atom. The lowest BCUT2D eigenvalue weighted by atomic mass is 10.1. The van der Waals surface area contributed by atoms with E-state index in [-0.39, 0.29) is 24.5 Å². The number of nitrogens with one attached hydrogen (secondary N) is 1. The molecule has 1 heterocycles. The molecule has 0 saturated heterocycles. The van der Waals surface area contributed by atoms with Crippen molar-refractivity contribution in [3.63, 3.8) is 0 Å². The van der Waals surface area contributed by atoms with Gasteiger partial charge in [-0.3, -0.25) is 9.78 Å². The predicted molar refractivity (Wildman–Crippen MR) is 67.1 cm³/mol. The summed E-state index contributed by atoms with van der Waals surface area (Å²) in [6.07, 6.45) is 6.49. The predicted octanol–water partition coefficient (Wildman–Crippen LogP) is 1.23. The summed E-state index contributed by atoms with van der Waals surface area (Å²) in [4.78, 5) is 15.5. The maximum absolute atomic E-state index is 11.6. The number of carbonyl (C=O) groups excluding carboxylic acids is 1. The van der Waals surface area contributed by atoms with Gasteiger partial charge in [0.1, 0.15) is 0 Å². The highest BCUT2D eigenvalue weighted by molar-refractivity contribution is 5.91. The van der Waals surface area contributed by atoms with Gasteiger partial charge in [-0.15, -0.1) is 0 Å². The highest BCUT2D eigenvalue weighted by atomic mass is 16.3. The molecule has 0 aromatic carbocycles. The maximum Gasteiger partial charge on any atom is 0.244 e. The number of hydrogen-bond donors (Lipinski definition) is 2. The molecular formula is C13H18N2O2. The van der Waals surface area contributed by atoms with E-state index in [1.165, 1.54) is 6.08 Å². The molecule has 4 heteroatoms. The molecule has 1 aromatic rings. The Morgan fingerprint density at radius 3 is 2.88 bits per heavy atom. The van der Waals surface area contributed by atoms with Gasteiger partial charge in [-0.25, -0.2) is 0 Å². The smallest absolute Gasteiger partial charge is 0.244 e. The van der Waals surface area contributed by atoms with Crippen LogP contribution in [0.2, 0.25) is 0 Å². The second-order valence-corrected chi connectivity index (χ2v) is 4.16. The SMILES string of the molecule is CC(C)C(CO)NC(=O)/C=C/c1cccnc1. The number of aliphatic hydroxyl groups is 1. The van der Waals surface area contributed by atoms with Crippen molar-refractivity contribution in [2.45, 2.75) is 19.9 Å². The Morgan fingerprint density at radius 2 is 2.35 bits per heavy atom. The number of amides is 1. The molecule has 2 N–H and O–H groups in total. The van der Waals surface area contributed by atoms with E-state index in [0.717, 1.165) is 5.56 Å². The van der Waals surface area contributed by atoms with Crippen molar-refractivity contribution >= 4 is 12.0 Å². The molecule has 0 saturated carbocycles. The largest absolute Gasteiger partial charge is 0.394 e. The van der Waals surface area contributed by atoms with Gasteiger partial charge in [0.25, 0.3) is 0 Å². The molecule has 1 aromatic heterocycles. The Hall–Kier alpha value is -1.68. The monoisotopic (exact) mass is 234 g/mol. The van der Waals surface area contributed by atoms with Crippen LogP contribution in [0.25, 0.3) is 6.08 Å². The van der Waals surface area contributed by atoms with E-state index in [1.54, 1.807) is 18.5 Å². The summed E-state index contributed by atoms with van der Waals surface area (Å²) in [5.74, 6) is -0.00246. The van der Waals surface area contributed by atoms with Crippen molar-refractivity contribution in [2.24, 2.45) is 5.92 Å². The van der Waals surface area contributed by atoms with Crippen LogP contribution in [0.1, 0.15) is 19.4 Å². The number of rotatable bonds is 5. The third-order valence-electron chi connectivity index (χ3n) is 2.44. The number of nitrogens with zero attached hydrogens (tertiary/aromatic N) is 1. The van der Waals surface area contributed by atoms with Gasteiger partial charge in [-0.05, 0) is 23.6 Å². The van der Waals surface area contributed by atoms with Crippen molar-refractivity contribution in [1.82, 2.24) is 10.3 Å². The molecule has 1 atom stereocenters. The number of carbonyl (C=O) groups is 1. The lowest BCUT2D eigenvalue weighted by Crippen LogP contribution is -2.40. The first-order valence-corrected chi connectivity index (χ1v) is 5.63. The molecule has 4 nitrogen and oxygen atoms in total. The average Bonchev–Trinajstić information content (AvgIpc) is 2.34. The van der Waals surface area contributed by atoms with Crippen molar-refractivity contribution in [1.29, 1.82) is 0 Å². The quantitative estimate of drug-likeness (QED) is 0.753. The van der Waals surface area contributed by atoms with Crippen LogP contribution in [-0.2, 0) is 4.79 Å². The van der Waals surface area contributed by atoms with Crippen LogP contribution < -0.4 is 5.32 Å². The van der Waals surface area contributed by atoms with E-state index in [2.05, 4.69) is 10.3 Å². The van der Waals surface area contributed by atoms with Crippen molar-refractivity contribution in [3.05, 3.63) is 36.2 Å². The molecule has 17 heavy (non-hydrogen) atoms. The zero-order valence-electron chi connectivity index (χ0n) is 10.1. The highest BCUT2D eigenvalue weighted by Gasteiger charge is 2.12. The van der Waals surface area contributed by atoms with Crippen molar-refractivity contribution in [3.8, 4) is 0 Å². The number of pyridine rings is 1. The first kappa shape index (κ1) is 13.4. The molecular weight excluding hydrogens is 216 g/mol. The van der Waals surface area contributed by atoms with Crippen LogP contribution in [0.15, 0.2) is 30.6 Å². The molecule has 0 aliphatic carbocycles. The van der Waals surface area contributed by atoms with Crippen LogP contribution >= 0.6 is 0 Å². The molecule has 0 aliphatic heterocycles. The van der Waals surface area contributed by atoms with E-state index in [1.807, 2.05) is 26.0 Å². The van der Waals surface area contributed by atoms with Crippen LogP contribution in [0.4, 0.5) is 0 Å². The van der Waals surface area contributed by atoms with E-state index >= 15 is 0 Å². The van der Waals surface area contributed by atoms with E-state index < -0.39 is 0 Å². The Kier molecular flexibility index (Phi) is 5.36. The van der Waals surface area contributed by atoms with Gasteiger partial charge < -0.3 is 10.4 Å². The number of aromatic nitrogens is 1. The third kappa shape index (κ3) is 4.78. The number of aliphatic hydroxyl groups excluding tert-OH is 1. The Bertz CT molecular complexity index is 374. The average molecular weight is 234 g/mol. The minimum Gasteiger partial charge on any atom is -0.394 e. The third-order valence-corrected chi connectivity index (χ3v) is 2.44. The lowest BCUT2D eigenvalue weighted by molar-refractivity contribution is -0.117. The summed E-state index contributed by atoms with van der Waals surface area (Å²) in [5.41, 5.74) is 0.868. The maximum atomic E-state index is 11.6. The normalized spacial score (nSPS) is 12.9. The van der Waals surface area contributed by atoms with Gasteiger partial charge in [0.2, 0.25) is 5.91 Å². The van der Waals surface area contributed by atoms with Crippen LogP contribution in [0.5, 0.6) is 0 Å². The first-order chi connectivity index (χ1) is 8.13. The molecule has 1 rings (SSSR count). The summed E-state index contributed by atoms with van der Waals surface area (Å²) in [6, 6.07) is 3.46. The van der Waals surface area contributed by atoms with Crippen molar-refractivity contribution in [2.75, 3.05) is 6.61 Å². The molecule has 1 amide bonds. The second kappa shape index (κ2) is 6.81. The summed E-state index contributed by atoms with van der Waals surface area (Å²) in [7, 11) is 0. The van der Waals surface area contributed by atoms with Gasteiger partial charge >= 0.3 is 0 Å². The zero-order chi connectivity index (χ0) is 12.7. The van der Waals surface area contributed by atoms with E-state index in [4.69, 9.17) is 5.11 Å². The molecule has 0 bridgehead atoms. The van der Waals surface area contributed by atoms with Gasteiger partial charge in [-0.1, -0.05) is 19.9 Å². The minimum absolute atomic E-state index is 0.0514. The number of hydrogen-bond acceptors (Lipinski definition) is 3. The van der Waals surface area contributed by atoms with Crippen molar-refractivity contribution < 1.29 is 9.90 Å². The van der Waals surface area contributed by atoms with E-state index in [0.29, 0.717) is 0 Å². The zero-order valence-corrected chi connectivity index (χ0v) is 10.1. The summed E-state index contributed by atoms with van der Waals surface area (Å²) < 4.78 is 0. The van der Waals surface area contributed by atoms with Gasteiger partial charge in [0, 0.05) is 18.5 Å². The van der Waals surface area contributed by atoms with Crippen LogP contribution in [0, 0.1) is 5.92 Å². The molecule has 0 spiro atoms. The molecule has 1 unspecified atom stereocenters. The lowest BCUT2D eigenvalue weighted by Gasteiger charge is -2.18. The standard InChI is InChI=1S/C13H18N2O2/c1-10(2)12(9-16)15-13(17)6-5-11-4-3-7-14-8-11/h3-8,10,12,16H,9H2,1-2H3,(H,15,17)/b6-5+. The fourth-order valence-electron chi connectivity index (χ4n) is 1.30. The van der Waals surface area contributed by atoms with E-state index in [9.17, 15) is 4.79 Å². The second-order valence-electron chi connectivity index (χ2n) is 4.16. The van der Waals surface area contributed by atoms with Crippen LogP contribution in [0.3, 0.4) is 0 Å². The topological polar surface area (TPSA) is 62.2 Å². The Balaban J connectivity index is 2.52. The summed E-state index contributed by atoms with van der Waals surface area (Å²) in [5, 5.41) is 11.8. The first-order valence-electron chi connectivity index (χ1n) is 5.63. The fraction of sp³-hybridized carbons (Fsp3) is 0.385. The summed E-state index contributed by atoms with van der Waals surface area (Å²) >= 11 is 0. The van der Waals surface area contributed by atoms with Crippen LogP contribution in [-0.4, -0.2) is 28.6 Å². The Labute approximate surface area is 101 Å².